The maximum atomic E-state index is 13.1. The molecule has 0 heterocycles. The van der Waals surface area contributed by atoms with Crippen molar-refractivity contribution in [1.29, 1.82) is 0 Å². The van der Waals surface area contributed by atoms with Gasteiger partial charge in [-0.15, -0.1) is 0 Å². The Morgan fingerprint density at radius 2 is 1.85 bits per heavy atom. The SMILES string of the molecule is CC(=O)O[C@H]1CC[C@@]2(C)C(=CC(=O)[C@@H]3[C@@H]2CC[C@]2(C)C(=O)[C@H](O)C[C@@H]32)C1. The van der Waals surface area contributed by atoms with E-state index in [0.717, 1.165) is 31.3 Å². The number of hydrogen-bond acceptors (Lipinski definition) is 5. The third kappa shape index (κ3) is 2.35. The highest BCUT2D eigenvalue weighted by atomic mass is 16.5. The molecule has 0 unspecified atom stereocenters. The molecule has 7 atom stereocenters. The van der Waals surface area contributed by atoms with Crippen molar-refractivity contribution in [1.82, 2.24) is 0 Å². The maximum absolute atomic E-state index is 13.1. The van der Waals surface area contributed by atoms with Gasteiger partial charge >= 0.3 is 5.97 Å². The molecule has 0 amide bonds. The molecular weight excluding hydrogens is 332 g/mol. The summed E-state index contributed by atoms with van der Waals surface area (Å²) in [5, 5.41) is 10.2. The van der Waals surface area contributed by atoms with Crippen LogP contribution in [-0.4, -0.2) is 34.9 Å². The molecule has 0 radical (unpaired) electrons. The van der Waals surface area contributed by atoms with Gasteiger partial charge in [-0.2, -0.15) is 0 Å². The minimum Gasteiger partial charge on any atom is -0.462 e. The van der Waals surface area contributed by atoms with Gasteiger partial charge < -0.3 is 9.84 Å². The molecule has 4 rings (SSSR count). The van der Waals surface area contributed by atoms with Crippen molar-refractivity contribution in [3.63, 3.8) is 0 Å². The molecule has 1 N–H and O–H groups in total. The molecule has 0 saturated heterocycles. The Morgan fingerprint density at radius 1 is 1.15 bits per heavy atom. The average Bonchev–Trinajstić information content (AvgIpc) is 2.79. The summed E-state index contributed by atoms with van der Waals surface area (Å²) < 4.78 is 5.40. The Kier molecular flexibility index (Phi) is 3.96. The molecule has 4 aliphatic rings. The van der Waals surface area contributed by atoms with Crippen molar-refractivity contribution in [2.45, 2.75) is 71.5 Å². The van der Waals surface area contributed by atoms with Crippen molar-refractivity contribution in [3.05, 3.63) is 11.6 Å². The van der Waals surface area contributed by atoms with E-state index in [9.17, 15) is 19.5 Å². The Bertz CT molecular complexity index is 709. The van der Waals surface area contributed by atoms with Gasteiger partial charge in [0.25, 0.3) is 0 Å². The topological polar surface area (TPSA) is 80.7 Å². The lowest BCUT2D eigenvalue weighted by Gasteiger charge is -2.55. The molecule has 142 valence electrons. The van der Waals surface area contributed by atoms with Crippen molar-refractivity contribution in [3.8, 4) is 0 Å². The van der Waals surface area contributed by atoms with E-state index in [4.69, 9.17) is 4.74 Å². The van der Waals surface area contributed by atoms with Gasteiger partial charge in [0.1, 0.15) is 12.2 Å². The number of ether oxygens (including phenoxy) is 1. The molecule has 26 heavy (non-hydrogen) atoms. The highest BCUT2D eigenvalue weighted by Crippen LogP contribution is 2.63. The summed E-state index contributed by atoms with van der Waals surface area (Å²) in [5.74, 6) is -0.266. The van der Waals surface area contributed by atoms with Crippen LogP contribution in [0.15, 0.2) is 11.6 Å². The van der Waals surface area contributed by atoms with Crippen molar-refractivity contribution in [2.24, 2.45) is 28.6 Å². The minimum atomic E-state index is -0.922. The quantitative estimate of drug-likeness (QED) is 0.727. The van der Waals surface area contributed by atoms with Gasteiger partial charge in [-0.05, 0) is 55.4 Å². The third-order valence-corrected chi connectivity index (χ3v) is 7.97. The monoisotopic (exact) mass is 360 g/mol. The van der Waals surface area contributed by atoms with Crippen molar-refractivity contribution < 1.29 is 24.2 Å². The van der Waals surface area contributed by atoms with E-state index in [1.54, 1.807) is 6.08 Å². The predicted molar refractivity (Wildman–Crippen MR) is 94.0 cm³/mol. The molecular formula is C21H28O5. The first-order chi connectivity index (χ1) is 12.2. The molecule has 3 fully saturated rings. The summed E-state index contributed by atoms with van der Waals surface area (Å²) in [4.78, 5) is 36.9. The van der Waals surface area contributed by atoms with Gasteiger partial charge in [0.15, 0.2) is 11.6 Å². The number of aliphatic hydroxyl groups is 1. The lowest BCUT2D eigenvalue weighted by atomic mass is 9.48. The number of hydrogen-bond donors (Lipinski definition) is 1. The average molecular weight is 360 g/mol. The summed E-state index contributed by atoms with van der Waals surface area (Å²) in [5.41, 5.74) is 0.467. The second kappa shape index (κ2) is 5.75. The second-order valence-corrected chi connectivity index (χ2v) is 9.27. The number of carbonyl (C=O) groups is 3. The Morgan fingerprint density at radius 3 is 2.54 bits per heavy atom. The molecule has 0 bridgehead atoms. The number of rotatable bonds is 1. The van der Waals surface area contributed by atoms with Crippen LogP contribution in [0.2, 0.25) is 0 Å². The standard InChI is InChI=1S/C21H28O5/c1-11(22)26-13-4-6-20(2)12(8-13)9-16(23)18-14(20)5-7-21(3)15(18)10-17(24)19(21)25/h9,13-15,17-18,24H,4-8,10H2,1-3H3/t13-,14-,15-,17+,18+,20-,21-/m0/s1. The van der Waals surface area contributed by atoms with Crippen LogP contribution in [-0.2, 0) is 19.1 Å². The van der Waals surface area contributed by atoms with E-state index in [2.05, 4.69) is 6.92 Å². The van der Waals surface area contributed by atoms with Gasteiger partial charge in [-0.1, -0.05) is 19.4 Å². The fourth-order valence-electron chi connectivity index (χ4n) is 6.50. The first-order valence-corrected chi connectivity index (χ1v) is 9.81. The largest absolute Gasteiger partial charge is 0.462 e. The molecule has 0 spiro atoms. The van der Waals surface area contributed by atoms with Crippen LogP contribution in [0.25, 0.3) is 0 Å². The van der Waals surface area contributed by atoms with Gasteiger partial charge in [-0.25, -0.2) is 0 Å². The van der Waals surface area contributed by atoms with Crippen LogP contribution < -0.4 is 0 Å². The van der Waals surface area contributed by atoms with Gasteiger partial charge in [0, 0.05) is 24.7 Å². The molecule has 4 aliphatic carbocycles. The summed E-state index contributed by atoms with van der Waals surface area (Å²) in [6.07, 6.45) is 5.06. The zero-order valence-corrected chi connectivity index (χ0v) is 15.8. The highest BCUT2D eigenvalue weighted by molar-refractivity contribution is 5.97. The van der Waals surface area contributed by atoms with Crippen molar-refractivity contribution >= 4 is 17.5 Å². The Labute approximate surface area is 154 Å². The van der Waals surface area contributed by atoms with Crippen LogP contribution in [0.1, 0.15) is 59.3 Å². The first kappa shape index (κ1) is 17.9. The molecule has 0 aromatic heterocycles. The number of fused-ring (bicyclic) bond motifs is 5. The fraction of sp³-hybridized carbons (Fsp3) is 0.762. The van der Waals surface area contributed by atoms with E-state index >= 15 is 0 Å². The summed E-state index contributed by atoms with van der Waals surface area (Å²) in [6, 6.07) is 0. The molecule has 5 heteroatoms. The van der Waals surface area contributed by atoms with E-state index < -0.39 is 11.5 Å². The van der Waals surface area contributed by atoms with Crippen LogP contribution in [0.4, 0.5) is 0 Å². The number of esters is 1. The normalized spacial score (nSPS) is 47.5. The number of ketones is 2. The molecule has 3 saturated carbocycles. The van der Waals surface area contributed by atoms with Gasteiger partial charge in [-0.3, -0.25) is 14.4 Å². The Balaban J connectivity index is 1.67. The summed E-state index contributed by atoms with van der Waals surface area (Å²) in [7, 11) is 0. The van der Waals surface area contributed by atoms with E-state index in [-0.39, 0.29) is 46.8 Å². The minimum absolute atomic E-state index is 0.0583. The van der Waals surface area contributed by atoms with Crippen molar-refractivity contribution in [2.75, 3.05) is 0 Å². The van der Waals surface area contributed by atoms with Gasteiger partial charge in [0.2, 0.25) is 0 Å². The maximum Gasteiger partial charge on any atom is 0.302 e. The zero-order chi connectivity index (χ0) is 18.9. The summed E-state index contributed by atoms with van der Waals surface area (Å²) >= 11 is 0. The number of allylic oxidation sites excluding steroid dienone is 1. The molecule has 0 aromatic rings. The predicted octanol–water partition coefficient (Wildman–Crippen LogP) is 2.60. The number of aliphatic hydroxyl groups excluding tert-OH is 1. The Hall–Kier alpha value is -1.49. The second-order valence-electron chi connectivity index (χ2n) is 9.27. The van der Waals surface area contributed by atoms with E-state index in [0.29, 0.717) is 12.8 Å². The number of carbonyl (C=O) groups excluding carboxylic acids is 3. The fourth-order valence-corrected chi connectivity index (χ4v) is 6.50. The van der Waals surface area contributed by atoms with E-state index in [1.807, 2.05) is 6.92 Å². The first-order valence-electron chi connectivity index (χ1n) is 9.81. The smallest absolute Gasteiger partial charge is 0.302 e. The van der Waals surface area contributed by atoms with Crippen LogP contribution in [0.3, 0.4) is 0 Å². The lowest BCUT2D eigenvalue weighted by Crippen LogP contribution is -2.53. The third-order valence-electron chi connectivity index (χ3n) is 7.97. The molecule has 0 aliphatic heterocycles. The zero-order valence-electron chi connectivity index (χ0n) is 15.8. The molecule has 0 aromatic carbocycles. The highest BCUT2D eigenvalue weighted by Gasteiger charge is 2.63. The molecule has 5 nitrogen and oxygen atoms in total. The van der Waals surface area contributed by atoms with Crippen LogP contribution >= 0.6 is 0 Å². The van der Waals surface area contributed by atoms with E-state index in [1.165, 1.54) is 6.92 Å². The van der Waals surface area contributed by atoms with Crippen LogP contribution in [0.5, 0.6) is 0 Å². The lowest BCUT2D eigenvalue weighted by molar-refractivity contribution is -0.149. The van der Waals surface area contributed by atoms with Crippen LogP contribution in [0, 0.1) is 28.6 Å². The summed E-state index contributed by atoms with van der Waals surface area (Å²) in [6.45, 7) is 5.61. The number of Topliss-reactive ketones (excluding diaryl/α,β-unsaturated/α-hetero) is 1. The van der Waals surface area contributed by atoms with Gasteiger partial charge in [0.05, 0.1) is 0 Å².